The Bertz CT molecular complexity index is 397. The molecule has 1 rings (SSSR count). The van der Waals surface area contributed by atoms with E-state index in [2.05, 4.69) is 19.2 Å². The van der Waals surface area contributed by atoms with Crippen molar-refractivity contribution < 1.29 is 32.7 Å². The van der Waals surface area contributed by atoms with Crippen LogP contribution in [-0.2, 0) is 32.7 Å². The number of benzene rings is 1. The molecule has 0 atom stereocenters. The quantitative estimate of drug-likeness (QED) is 0.450. The summed E-state index contributed by atoms with van der Waals surface area (Å²) in [7, 11) is 0. The number of allylic oxidation sites excluding steroid dienone is 6. The third-order valence-electron chi connectivity index (χ3n) is 2.08. The van der Waals surface area contributed by atoms with Crippen LogP contribution in [0.2, 0.25) is 0 Å². The topological polar surface area (TPSA) is 0 Å². The van der Waals surface area contributed by atoms with Gasteiger partial charge in [-0.1, -0.05) is 62.5 Å². The minimum Gasteiger partial charge on any atom is -0.184 e. The molecule has 0 N–H and O–H groups in total. The Morgan fingerprint density at radius 1 is 1.15 bits per heavy atom. The maximum atomic E-state index is 3.81. The molecule has 0 bridgehead atoms. The second kappa shape index (κ2) is 18.3. The zero-order valence-corrected chi connectivity index (χ0v) is 16.4. The van der Waals surface area contributed by atoms with E-state index in [1.54, 1.807) is 0 Å². The van der Waals surface area contributed by atoms with Gasteiger partial charge in [-0.15, -0.1) is 5.56 Å². The van der Waals surface area contributed by atoms with E-state index in [1.807, 2.05) is 83.2 Å². The summed E-state index contributed by atoms with van der Waals surface area (Å²) >= 11 is 0. The van der Waals surface area contributed by atoms with Gasteiger partial charge in [0.2, 0.25) is 0 Å². The minimum atomic E-state index is 0. The van der Waals surface area contributed by atoms with Crippen LogP contribution in [0.25, 0.3) is 5.57 Å². The zero-order valence-electron chi connectivity index (χ0n) is 13.6. The Hall–Kier alpha value is -0.716. The van der Waals surface area contributed by atoms with Crippen molar-refractivity contribution in [3.63, 3.8) is 0 Å². The molecule has 0 unspecified atom stereocenters. The molecule has 20 heavy (non-hydrogen) atoms. The van der Waals surface area contributed by atoms with Gasteiger partial charge in [0.25, 0.3) is 0 Å². The molecule has 0 fully saturated rings. The van der Waals surface area contributed by atoms with Crippen molar-refractivity contribution in [2.24, 2.45) is 0 Å². The first-order valence-electron chi connectivity index (χ1n) is 6.65. The predicted octanol–water partition coefficient (Wildman–Crippen LogP) is 6.24. The van der Waals surface area contributed by atoms with Crippen LogP contribution in [0.5, 0.6) is 0 Å². The molecular weight excluding hydrogens is 317 g/mol. The molecule has 0 amide bonds. The Balaban J connectivity index is -0.000000248. The molecule has 0 saturated carbocycles. The van der Waals surface area contributed by atoms with E-state index >= 15 is 0 Å². The molecule has 0 heterocycles. The van der Waals surface area contributed by atoms with Crippen molar-refractivity contribution in [2.45, 2.75) is 34.6 Å². The van der Waals surface area contributed by atoms with Crippen LogP contribution >= 0.6 is 0 Å². The number of hydrogen-bond donors (Lipinski definition) is 0. The van der Waals surface area contributed by atoms with E-state index in [-0.39, 0.29) is 32.7 Å². The first kappa shape index (κ1) is 24.3. The maximum absolute atomic E-state index is 3.81. The summed E-state index contributed by atoms with van der Waals surface area (Å²) in [5.74, 6) is 0. The summed E-state index contributed by atoms with van der Waals surface area (Å²) in [6, 6.07) is 10.7. The van der Waals surface area contributed by atoms with E-state index in [4.69, 9.17) is 0 Å². The molecule has 1 heteroatoms. The fourth-order valence-electron chi connectivity index (χ4n) is 0.987. The molecular formula is C19H27Y-. The molecule has 0 aromatic heterocycles. The average molecular weight is 344 g/mol. The van der Waals surface area contributed by atoms with E-state index < -0.39 is 0 Å². The van der Waals surface area contributed by atoms with Crippen LogP contribution in [0.15, 0.2) is 67.3 Å². The van der Waals surface area contributed by atoms with Crippen molar-refractivity contribution in [1.82, 2.24) is 0 Å². The Kier molecular flexibility index (Phi) is 22.2. The maximum Gasteiger partial charge on any atom is 0 e. The van der Waals surface area contributed by atoms with E-state index in [1.165, 1.54) is 11.1 Å². The van der Waals surface area contributed by atoms with Gasteiger partial charge in [-0.05, 0) is 20.8 Å². The number of rotatable bonds is 3. The van der Waals surface area contributed by atoms with Gasteiger partial charge in [0.05, 0.1) is 0 Å². The van der Waals surface area contributed by atoms with Crippen LogP contribution in [0.1, 0.15) is 40.2 Å². The van der Waals surface area contributed by atoms with Gasteiger partial charge in [0.1, 0.15) is 0 Å². The van der Waals surface area contributed by atoms with Crippen molar-refractivity contribution in [3.05, 3.63) is 78.9 Å². The van der Waals surface area contributed by atoms with Gasteiger partial charge in [0.15, 0.2) is 0 Å². The van der Waals surface area contributed by atoms with Crippen LogP contribution in [0.4, 0.5) is 0 Å². The Morgan fingerprint density at radius 3 is 1.95 bits per heavy atom. The van der Waals surface area contributed by atoms with Gasteiger partial charge in [-0.25, -0.2) is 0 Å². The number of hydrogen-bond acceptors (Lipinski definition) is 0. The molecule has 0 aliphatic rings. The third kappa shape index (κ3) is 15.3. The van der Waals surface area contributed by atoms with Gasteiger partial charge in [0, 0.05) is 32.7 Å². The molecule has 0 aliphatic heterocycles. The second-order valence-electron chi connectivity index (χ2n) is 3.71. The Labute approximate surface area is 151 Å². The zero-order chi connectivity index (χ0) is 15.1. The summed E-state index contributed by atoms with van der Waals surface area (Å²) in [5.41, 5.74) is 3.49. The fraction of sp³-hybridized carbons (Fsp3) is 0.263. The molecule has 0 aliphatic carbocycles. The van der Waals surface area contributed by atoms with E-state index in [0.717, 1.165) is 5.57 Å². The summed E-state index contributed by atoms with van der Waals surface area (Å²) in [6.45, 7) is 17.4. The molecule has 107 valence electrons. The summed E-state index contributed by atoms with van der Waals surface area (Å²) in [5, 5.41) is 0. The normalized spacial score (nSPS) is 9.35. The van der Waals surface area contributed by atoms with Gasteiger partial charge < -0.3 is 0 Å². The van der Waals surface area contributed by atoms with Crippen molar-refractivity contribution in [1.29, 1.82) is 0 Å². The van der Waals surface area contributed by atoms with E-state index in [9.17, 15) is 0 Å². The summed E-state index contributed by atoms with van der Waals surface area (Å²) in [6.07, 6.45) is 7.84. The van der Waals surface area contributed by atoms with Crippen LogP contribution in [0, 0.1) is 6.07 Å². The molecule has 0 saturated heterocycles. The fourth-order valence-corrected chi connectivity index (χ4v) is 0.987. The predicted molar refractivity (Wildman–Crippen MR) is 90.1 cm³/mol. The molecule has 1 aromatic carbocycles. The van der Waals surface area contributed by atoms with Crippen LogP contribution in [0.3, 0.4) is 0 Å². The van der Waals surface area contributed by atoms with Crippen LogP contribution in [-0.4, -0.2) is 0 Å². The SMILES string of the molecule is C=C(C)c1cc[c-]cc1.C=C/C(C)=C\C=C/C.CC.[Y]. The van der Waals surface area contributed by atoms with Crippen LogP contribution < -0.4 is 0 Å². The average Bonchev–Trinajstić information content (AvgIpc) is 2.48. The van der Waals surface area contributed by atoms with Gasteiger partial charge in [-0.2, -0.15) is 30.3 Å². The summed E-state index contributed by atoms with van der Waals surface area (Å²) < 4.78 is 0. The van der Waals surface area contributed by atoms with E-state index in [0.29, 0.717) is 0 Å². The first-order valence-corrected chi connectivity index (χ1v) is 6.65. The van der Waals surface area contributed by atoms with Gasteiger partial charge in [-0.3, -0.25) is 0 Å². The monoisotopic (exact) mass is 344 g/mol. The molecule has 0 spiro atoms. The second-order valence-corrected chi connectivity index (χ2v) is 3.71. The van der Waals surface area contributed by atoms with Crippen molar-refractivity contribution in [2.75, 3.05) is 0 Å². The van der Waals surface area contributed by atoms with Gasteiger partial charge >= 0.3 is 0 Å². The largest absolute Gasteiger partial charge is 0.184 e. The standard InChI is InChI=1S/C9H9.C8H12.C2H6.Y/c1-8(2)9-6-4-3-5-7-9;1-4-6-7-8(3)5-2;1-2;/h4-7H,1H2,2H3;4-7H,2H2,1,3H3;1-2H3;/q-1;;;/b;6-4-,8-7-;;. The van der Waals surface area contributed by atoms with Crippen molar-refractivity contribution >= 4 is 5.57 Å². The molecule has 1 radical (unpaired) electrons. The smallest absolute Gasteiger partial charge is 0 e. The third-order valence-corrected chi connectivity index (χ3v) is 2.08. The summed E-state index contributed by atoms with van der Waals surface area (Å²) in [4.78, 5) is 0. The van der Waals surface area contributed by atoms with Crippen molar-refractivity contribution in [3.8, 4) is 0 Å². The molecule has 0 nitrogen and oxygen atoms in total. The first-order chi connectivity index (χ1) is 9.11. The minimum absolute atomic E-state index is 0. The molecule has 1 aromatic rings. The Morgan fingerprint density at radius 2 is 1.65 bits per heavy atom.